The fraction of sp³-hybridized carbons (Fsp3) is 0.333. The summed E-state index contributed by atoms with van der Waals surface area (Å²) in [7, 11) is 0. The predicted molar refractivity (Wildman–Crippen MR) is 107 cm³/mol. The van der Waals surface area contributed by atoms with Gasteiger partial charge in [-0.3, -0.25) is 9.59 Å². The number of benzene rings is 2. The van der Waals surface area contributed by atoms with Crippen molar-refractivity contribution in [2.75, 3.05) is 37.1 Å². The van der Waals surface area contributed by atoms with Gasteiger partial charge in [-0.25, -0.2) is 0 Å². The Labute approximate surface area is 164 Å². The van der Waals surface area contributed by atoms with Gasteiger partial charge in [-0.1, -0.05) is 25.1 Å². The lowest BCUT2D eigenvalue weighted by Crippen LogP contribution is -3.14. The third-order valence-electron chi connectivity index (χ3n) is 4.50. The van der Waals surface area contributed by atoms with E-state index in [0.29, 0.717) is 17.2 Å². The zero-order valence-electron chi connectivity index (χ0n) is 16.2. The van der Waals surface area contributed by atoms with E-state index in [1.807, 2.05) is 38.1 Å². The minimum absolute atomic E-state index is 0.103. The highest BCUT2D eigenvalue weighted by Crippen LogP contribution is 2.34. The Morgan fingerprint density at radius 1 is 1.00 bits per heavy atom. The molecule has 0 saturated heterocycles. The summed E-state index contributed by atoms with van der Waals surface area (Å²) < 4.78 is 10.6. The van der Waals surface area contributed by atoms with Gasteiger partial charge in [0.25, 0.3) is 11.8 Å². The Morgan fingerprint density at radius 2 is 1.71 bits per heavy atom. The quantitative estimate of drug-likeness (QED) is 0.646. The minimum Gasteiger partial charge on any atom is -0.454 e. The minimum atomic E-state index is -0.147. The summed E-state index contributed by atoms with van der Waals surface area (Å²) in [6, 6.07) is 12.9. The van der Waals surface area contributed by atoms with E-state index >= 15 is 0 Å². The number of aryl methyl sites for hydroxylation is 1. The second-order valence-corrected chi connectivity index (χ2v) is 6.83. The first-order valence-electron chi connectivity index (χ1n) is 9.43. The van der Waals surface area contributed by atoms with Crippen LogP contribution in [0, 0.1) is 6.92 Å². The maximum absolute atomic E-state index is 12.5. The number of nitrogens with one attached hydrogen (secondary N) is 3. The molecule has 2 aromatic carbocycles. The maximum Gasteiger partial charge on any atom is 0.279 e. The number of fused-ring (bicyclic) bond motifs is 1. The second kappa shape index (κ2) is 9.23. The van der Waals surface area contributed by atoms with Crippen LogP contribution in [0.2, 0.25) is 0 Å². The lowest BCUT2D eigenvalue weighted by Gasteiger charge is -2.18. The van der Waals surface area contributed by atoms with Crippen LogP contribution in [0.15, 0.2) is 42.5 Å². The molecule has 0 aromatic heterocycles. The summed E-state index contributed by atoms with van der Waals surface area (Å²) in [5.41, 5.74) is 2.45. The zero-order chi connectivity index (χ0) is 19.9. The van der Waals surface area contributed by atoms with Crippen LogP contribution in [-0.4, -0.2) is 38.2 Å². The molecule has 2 amide bonds. The first kappa shape index (κ1) is 19.7. The van der Waals surface area contributed by atoms with Gasteiger partial charge in [0.2, 0.25) is 6.79 Å². The third-order valence-corrected chi connectivity index (χ3v) is 4.50. The van der Waals surface area contributed by atoms with Gasteiger partial charge in [-0.15, -0.1) is 0 Å². The number of anilines is 2. The number of amides is 2. The van der Waals surface area contributed by atoms with Gasteiger partial charge < -0.3 is 25.0 Å². The van der Waals surface area contributed by atoms with Crippen LogP contribution in [-0.2, 0) is 9.59 Å². The average Bonchev–Trinajstić information content (AvgIpc) is 3.11. The summed E-state index contributed by atoms with van der Waals surface area (Å²) in [6.45, 7) is 5.35. The zero-order valence-corrected chi connectivity index (χ0v) is 16.2. The molecule has 0 fully saturated rings. The number of para-hydroxylation sites is 1. The molecule has 1 atom stereocenters. The SMILES string of the molecule is CCC[NH+](CC(=O)Nc1ccc2c(c1)OCO2)CC(=O)Nc1ccccc1C. The van der Waals surface area contributed by atoms with Crippen molar-refractivity contribution in [1.82, 2.24) is 0 Å². The van der Waals surface area contributed by atoms with Crippen molar-refractivity contribution >= 4 is 23.2 Å². The Hall–Kier alpha value is -3.06. The second-order valence-electron chi connectivity index (χ2n) is 6.83. The number of rotatable bonds is 8. The van der Waals surface area contributed by atoms with Crippen LogP contribution in [0.3, 0.4) is 0 Å². The van der Waals surface area contributed by atoms with Crippen molar-refractivity contribution in [1.29, 1.82) is 0 Å². The van der Waals surface area contributed by atoms with E-state index in [2.05, 4.69) is 10.6 Å². The summed E-state index contributed by atoms with van der Waals surface area (Å²) >= 11 is 0. The van der Waals surface area contributed by atoms with E-state index in [1.54, 1.807) is 18.2 Å². The smallest absolute Gasteiger partial charge is 0.279 e. The number of carbonyl (C=O) groups excluding carboxylic acids is 2. The highest BCUT2D eigenvalue weighted by Gasteiger charge is 2.19. The van der Waals surface area contributed by atoms with Crippen molar-refractivity contribution in [2.45, 2.75) is 20.3 Å². The highest BCUT2D eigenvalue weighted by atomic mass is 16.7. The van der Waals surface area contributed by atoms with Crippen molar-refractivity contribution < 1.29 is 24.0 Å². The first-order valence-corrected chi connectivity index (χ1v) is 9.43. The van der Waals surface area contributed by atoms with Gasteiger partial charge in [0, 0.05) is 17.4 Å². The fourth-order valence-electron chi connectivity index (χ4n) is 3.13. The van der Waals surface area contributed by atoms with E-state index in [9.17, 15) is 9.59 Å². The molecule has 1 aliphatic rings. The molecule has 1 heterocycles. The van der Waals surface area contributed by atoms with Gasteiger partial charge in [-0.2, -0.15) is 0 Å². The van der Waals surface area contributed by atoms with Crippen LogP contribution in [0.4, 0.5) is 11.4 Å². The van der Waals surface area contributed by atoms with Gasteiger partial charge in [0.05, 0.1) is 6.54 Å². The molecule has 0 spiro atoms. The average molecular weight is 384 g/mol. The van der Waals surface area contributed by atoms with E-state index in [0.717, 1.165) is 29.1 Å². The van der Waals surface area contributed by atoms with E-state index in [4.69, 9.17) is 9.47 Å². The van der Waals surface area contributed by atoms with Crippen molar-refractivity contribution in [3.63, 3.8) is 0 Å². The van der Waals surface area contributed by atoms with Crippen molar-refractivity contribution in [3.05, 3.63) is 48.0 Å². The Balaban J connectivity index is 1.55. The molecular formula is C21H26N3O4+. The third kappa shape index (κ3) is 5.23. The van der Waals surface area contributed by atoms with Gasteiger partial charge in [-0.05, 0) is 37.1 Å². The van der Waals surface area contributed by atoms with E-state index in [1.165, 1.54) is 0 Å². The maximum atomic E-state index is 12.5. The highest BCUT2D eigenvalue weighted by molar-refractivity contribution is 5.93. The summed E-state index contributed by atoms with van der Waals surface area (Å²) in [4.78, 5) is 25.8. The molecule has 28 heavy (non-hydrogen) atoms. The normalized spacial score (nSPS) is 13.1. The molecule has 1 unspecified atom stereocenters. The van der Waals surface area contributed by atoms with E-state index < -0.39 is 0 Å². The molecular weight excluding hydrogens is 358 g/mol. The molecule has 3 rings (SSSR count). The largest absolute Gasteiger partial charge is 0.454 e. The van der Waals surface area contributed by atoms with Gasteiger partial charge in [0.15, 0.2) is 24.6 Å². The molecule has 0 bridgehead atoms. The van der Waals surface area contributed by atoms with Gasteiger partial charge >= 0.3 is 0 Å². The van der Waals surface area contributed by atoms with Crippen LogP contribution in [0.1, 0.15) is 18.9 Å². The summed E-state index contributed by atoms with van der Waals surface area (Å²) in [5.74, 6) is 1.04. The Bertz CT molecular complexity index is 853. The molecule has 148 valence electrons. The van der Waals surface area contributed by atoms with Crippen molar-refractivity contribution in [2.24, 2.45) is 0 Å². The standard InChI is InChI=1S/C21H25N3O4/c1-3-10-24(13-21(26)23-17-7-5-4-6-15(17)2)12-20(25)22-16-8-9-18-19(11-16)28-14-27-18/h4-9,11H,3,10,12-14H2,1-2H3,(H,22,25)(H,23,26)/p+1. The number of quaternary nitrogens is 1. The van der Waals surface area contributed by atoms with Crippen LogP contribution >= 0.6 is 0 Å². The van der Waals surface area contributed by atoms with Crippen LogP contribution < -0.4 is 25.0 Å². The fourth-order valence-corrected chi connectivity index (χ4v) is 3.13. The Kier molecular flexibility index (Phi) is 6.49. The number of hydrogen-bond donors (Lipinski definition) is 3. The predicted octanol–water partition coefficient (Wildman–Crippen LogP) is 1.60. The molecule has 3 N–H and O–H groups in total. The molecule has 2 aromatic rings. The molecule has 0 saturated carbocycles. The molecule has 0 radical (unpaired) electrons. The number of hydrogen-bond acceptors (Lipinski definition) is 4. The molecule has 0 aliphatic carbocycles. The molecule has 7 heteroatoms. The van der Waals surface area contributed by atoms with Crippen LogP contribution in [0.25, 0.3) is 0 Å². The molecule has 7 nitrogen and oxygen atoms in total. The summed E-state index contributed by atoms with van der Waals surface area (Å²) in [6.07, 6.45) is 0.879. The lowest BCUT2D eigenvalue weighted by molar-refractivity contribution is -0.883. The monoisotopic (exact) mass is 384 g/mol. The Morgan fingerprint density at radius 3 is 2.46 bits per heavy atom. The lowest BCUT2D eigenvalue weighted by atomic mass is 10.2. The topological polar surface area (TPSA) is 81.1 Å². The van der Waals surface area contributed by atoms with E-state index in [-0.39, 0.29) is 31.7 Å². The first-order chi connectivity index (χ1) is 13.5. The van der Waals surface area contributed by atoms with Gasteiger partial charge in [0.1, 0.15) is 0 Å². The van der Waals surface area contributed by atoms with Crippen molar-refractivity contribution in [3.8, 4) is 11.5 Å². The summed E-state index contributed by atoms with van der Waals surface area (Å²) in [5, 5.41) is 5.79. The number of carbonyl (C=O) groups is 2. The van der Waals surface area contributed by atoms with Crippen LogP contribution in [0.5, 0.6) is 11.5 Å². The number of ether oxygens (including phenoxy) is 2. The molecule has 1 aliphatic heterocycles.